The molecule has 25 heavy (non-hydrogen) atoms. The van der Waals surface area contributed by atoms with Gasteiger partial charge < -0.3 is 5.32 Å². The topological polar surface area (TPSA) is 74.1 Å². The summed E-state index contributed by atoms with van der Waals surface area (Å²) < 4.78 is 0. The first-order valence-electron chi connectivity index (χ1n) is 7.90. The lowest BCUT2D eigenvalue weighted by molar-refractivity contribution is -0.118. The molecule has 2 aromatic carbocycles. The number of carbonyl (C=O) groups excluding carboxylic acids is 2. The highest BCUT2D eigenvalue weighted by molar-refractivity contribution is 6.23. The van der Waals surface area contributed by atoms with Crippen LogP contribution in [0.15, 0.2) is 64.7 Å². The predicted octanol–water partition coefficient (Wildman–Crippen LogP) is 3.39. The number of rotatable bonds is 4. The molecule has 0 aliphatic carbocycles. The van der Waals surface area contributed by atoms with E-state index in [1.165, 1.54) is 11.9 Å². The highest BCUT2D eigenvalue weighted by Gasteiger charge is 2.33. The Hall–Kier alpha value is -3.28. The summed E-state index contributed by atoms with van der Waals surface area (Å²) in [7, 11) is 0. The number of para-hydroxylation sites is 1. The quantitative estimate of drug-likeness (QED) is 0.870. The maximum atomic E-state index is 12.6. The van der Waals surface area contributed by atoms with E-state index in [2.05, 4.69) is 15.4 Å². The first kappa shape index (κ1) is 16.6. The number of hydrogen-bond acceptors (Lipinski definition) is 4. The van der Waals surface area contributed by atoms with Crippen LogP contribution in [0.4, 0.5) is 17.1 Å². The number of hydrogen-bond donors (Lipinski definition) is 1. The SMILES string of the molecule is CC(=O)Nc1ccc(N=CC2C(=O)N(c3ccccc3)N=C2C)cc1. The first-order chi connectivity index (χ1) is 12.0. The molecule has 1 aliphatic heterocycles. The van der Waals surface area contributed by atoms with Gasteiger partial charge in [0.1, 0.15) is 5.92 Å². The molecule has 1 aliphatic rings. The zero-order chi connectivity index (χ0) is 17.8. The third-order valence-electron chi connectivity index (χ3n) is 3.74. The normalized spacial score (nSPS) is 17.0. The highest BCUT2D eigenvalue weighted by Crippen LogP contribution is 2.23. The Kier molecular flexibility index (Phi) is 4.70. The van der Waals surface area contributed by atoms with Crippen molar-refractivity contribution >= 4 is 40.8 Å². The maximum absolute atomic E-state index is 12.6. The van der Waals surface area contributed by atoms with E-state index in [4.69, 9.17) is 0 Å². The number of benzene rings is 2. The Morgan fingerprint density at radius 1 is 1.16 bits per heavy atom. The fraction of sp³-hybridized carbons (Fsp3) is 0.158. The molecule has 2 aromatic rings. The molecular formula is C19H18N4O2. The van der Waals surface area contributed by atoms with Gasteiger partial charge in [-0.3, -0.25) is 14.6 Å². The molecule has 1 atom stereocenters. The first-order valence-corrected chi connectivity index (χ1v) is 7.90. The average Bonchev–Trinajstić information content (AvgIpc) is 2.89. The summed E-state index contributed by atoms with van der Waals surface area (Å²) in [6.07, 6.45) is 1.61. The molecule has 2 amide bonds. The summed E-state index contributed by atoms with van der Waals surface area (Å²) in [6, 6.07) is 16.4. The summed E-state index contributed by atoms with van der Waals surface area (Å²) in [5, 5.41) is 8.45. The van der Waals surface area contributed by atoms with E-state index < -0.39 is 5.92 Å². The van der Waals surface area contributed by atoms with Crippen LogP contribution in [0.25, 0.3) is 0 Å². The number of nitrogens with one attached hydrogen (secondary N) is 1. The van der Waals surface area contributed by atoms with Gasteiger partial charge in [-0.15, -0.1) is 0 Å². The van der Waals surface area contributed by atoms with Crippen molar-refractivity contribution in [2.24, 2.45) is 16.0 Å². The Balaban J connectivity index is 1.72. The molecule has 6 heteroatoms. The summed E-state index contributed by atoms with van der Waals surface area (Å²) in [4.78, 5) is 28.0. The molecule has 1 heterocycles. The second-order valence-electron chi connectivity index (χ2n) is 5.71. The van der Waals surface area contributed by atoms with Crippen LogP contribution in [-0.2, 0) is 9.59 Å². The smallest absolute Gasteiger partial charge is 0.261 e. The van der Waals surface area contributed by atoms with Gasteiger partial charge in [0.25, 0.3) is 5.91 Å². The third kappa shape index (κ3) is 3.80. The van der Waals surface area contributed by atoms with Gasteiger partial charge in [0.2, 0.25) is 5.91 Å². The fourth-order valence-electron chi connectivity index (χ4n) is 2.50. The number of nitrogens with zero attached hydrogens (tertiary/aromatic N) is 3. The van der Waals surface area contributed by atoms with Gasteiger partial charge in [-0.1, -0.05) is 18.2 Å². The zero-order valence-electron chi connectivity index (χ0n) is 14.0. The van der Waals surface area contributed by atoms with Crippen LogP contribution in [0.5, 0.6) is 0 Å². The maximum Gasteiger partial charge on any atom is 0.261 e. The number of hydrazone groups is 1. The van der Waals surface area contributed by atoms with E-state index in [9.17, 15) is 9.59 Å². The van der Waals surface area contributed by atoms with Crippen LogP contribution >= 0.6 is 0 Å². The van der Waals surface area contributed by atoms with Gasteiger partial charge in [-0.2, -0.15) is 10.1 Å². The molecule has 1 N–H and O–H groups in total. The molecule has 126 valence electrons. The van der Waals surface area contributed by atoms with Crippen LogP contribution in [0, 0.1) is 5.92 Å². The molecule has 0 saturated carbocycles. The summed E-state index contributed by atoms with van der Waals surface area (Å²) in [6.45, 7) is 3.27. The molecule has 0 fully saturated rings. The lowest BCUT2D eigenvalue weighted by Gasteiger charge is -2.12. The Labute approximate surface area is 145 Å². The molecule has 0 saturated heterocycles. The molecule has 3 rings (SSSR count). The van der Waals surface area contributed by atoms with Crippen molar-refractivity contribution in [3.8, 4) is 0 Å². The third-order valence-corrected chi connectivity index (χ3v) is 3.74. The largest absolute Gasteiger partial charge is 0.326 e. The van der Waals surface area contributed by atoms with Crippen molar-refractivity contribution < 1.29 is 9.59 Å². The highest BCUT2D eigenvalue weighted by atomic mass is 16.2. The molecule has 6 nitrogen and oxygen atoms in total. The standard InChI is InChI=1S/C19H18N4O2/c1-13-18(19(25)23(22-13)17-6-4-3-5-7-17)12-20-15-8-10-16(11-9-15)21-14(2)24/h3-12,18H,1-2H3,(H,21,24). The van der Waals surface area contributed by atoms with Gasteiger partial charge in [0.05, 0.1) is 17.1 Å². The minimum absolute atomic E-state index is 0.123. The van der Waals surface area contributed by atoms with Gasteiger partial charge in [0, 0.05) is 18.8 Å². The number of aliphatic imine (C=N–C) groups is 1. The molecule has 0 radical (unpaired) electrons. The predicted molar refractivity (Wildman–Crippen MR) is 99.4 cm³/mol. The minimum Gasteiger partial charge on any atom is -0.326 e. The number of carbonyl (C=O) groups is 2. The van der Waals surface area contributed by atoms with Crippen molar-refractivity contribution in [3.63, 3.8) is 0 Å². The Morgan fingerprint density at radius 2 is 1.84 bits per heavy atom. The lowest BCUT2D eigenvalue weighted by atomic mass is 10.1. The monoisotopic (exact) mass is 334 g/mol. The molecule has 1 unspecified atom stereocenters. The van der Waals surface area contributed by atoms with Crippen LogP contribution in [-0.4, -0.2) is 23.7 Å². The molecule has 0 aromatic heterocycles. The molecular weight excluding hydrogens is 316 g/mol. The van der Waals surface area contributed by atoms with Gasteiger partial charge >= 0.3 is 0 Å². The Morgan fingerprint density at radius 3 is 2.48 bits per heavy atom. The van der Waals surface area contributed by atoms with E-state index >= 15 is 0 Å². The molecule has 0 bridgehead atoms. The van der Waals surface area contributed by atoms with E-state index in [-0.39, 0.29) is 11.8 Å². The molecule has 0 spiro atoms. The fourth-order valence-corrected chi connectivity index (χ4v) is 2.50. The lowest BCUT2D eigenvalue weighted by Crippen LogP contribution is -2.27. The van der Waals surface area contributed by atoms with Crippen LogP contribution in [0.2, 0.25) is 0 Å². The summed E-state index contributed by atoms with van der Waals surface area (Å²) in [5.74, 6) is -0.724. The minimum atomic E-state index is -0.477. The van der Waals surface area contributed by atoms with E-state index in [1.54, 1.807) is 30.5 Å². The second kappa shape index (κ2) is 7.09. The van der Waals surface area contributed by atoms with Crippen LogP contribution < -0.4 is 10.3 Å². The number of amides is 2. The van der Waals surface area contributed by atoms with Gasteiger partial charge in [0.15, 0.2) is 0 Å². The van der Waals surface area contributed by atoms with Crippen LogP contribution in [0.3, 0.4) is 0 Å². The average molecular weight is 334 g/mol. The van der Waals surface area contributed by atoms with Crippen molar-refractivity contribution in [1.29, 1.82) is 0 Å². The van der Waals surface area contributed by atoms with Crippen molar-refractivity contribution in [3.05, 3.63) is 54.6 Å². The van der Waals surface area contributed by atoms with E-state index in [1.807, 2.05) is 37.3 Å². The second-order valence-corrected chi connectivity index (χ2v) is 5.71. The summed E-state index contributed by atoms with van der Waals surface area (Å²) >= 11 is 0. The van der Waals surface area contributed by atoms with E-state index in [0.29, 0.717) is 17.1 Å². The van der Waals surface area contributed by atoms with Crippen molar-refractivity contribution in [2.45, 2.75) is 13.8 Å². The van der Waals surface area contributed by atoms with Crippen LogP contribution in [0.1, 0.15) is 13.8 Å². The zero-order valence-corrected chi connectivity index (χ0v) is 14.0. The number of anilines is 2. The van der Waals surface area contributed by atoms with E-state index in [0.717, 1.165) is 5.69 Å². The Bertz CT molecular complexity index is 841. The van der Waals surface area contributed by atoms with Crippen molar-refractivity contribution in [1.82, 2.24) is 0 Å². The van der Waals surface area contributed by atoms with Gasteiger partial charge in [-0.25, -0.2) is 0 Å². The van der Waals surface area contributed by atoms with Crippen molar-refractivity contribution in [2.75, 3.05) is 10.3 Å². The summed E-state index contributed by atoms with van der Waals surface area (Å²) in [5.41, 5.74) is 2.85. The van der Waals surface area contributed by atoms with Gasteiger partial charge in [-0.05, 0) is 43.3 Å².